The van der Waals surface area contributed by atoms with Crippen LogP contribution in [0.5, 0.6) is 5.75 Å². The zero-order chi connectivity index (χ0) is 16.8. The number of nitrogens with two attached hydrogens (primary N) is 1. The standard InChI is InChI=1S/C17H18N2O4/c1-11(23-17(21)12-3-5-13(18)6-4-12)16(20)19-14-7-9-15(22-2)10-8-14/h3-11H,18H2,1-2H3,(H,19,20). The molecule has 0 fully saturated rings. The Bertz CT molecular complexity index is 681. The van der Waals surface area contributed by atoms with Crippen molar-refractivity contribution in [2.45, 2.75) is 13.0 Å². The third-order valence-electron chi connectivity index (χ3n) is 3.16. The number of hydrogen-bond donors (Lipinski definition) is 2. The Morgan fingerprint density at radius 3 is 2.22 bits per heavy atom. The maximum atomic E-state index is 12.0. The van der Waals surface area contributed by atoms with Gasteiger partial charge in [-0.1, -0.05) is 0 Å². The van der Waals surface area contributed by atoms with Gasteiger partial charge >= 0.3 is 5.97 Å². The van der Waals surface area contributed by atoms with Crippen LogP contribution in [0.4, 0.5) is 11.4 Å². The highest BCUT2D eigenvalue weighted by Gasteiger charge is 2.19. The Morgan fingerprint density at radius 1 is 1.04 bits per heavy atom. The third kappa shape index (κ3) is 4.47. The summed E-state index contributed by atoms with van der Waals surface area (Å²) in [5.41, 5.74) is 7.03. The van der Waals surface area contributed by atoms with Gasteiger partial charge in [-0.2, -0.15) is 0 Å². The largest absolute Gasteiger partial charge is 0.497 e. The number of hydrogen-bond acceptors (Lipinski definition) is 5. The average Bonchev–Trinajstić information content (AvgIpc) is 2.56. The topological polar surface area (TPSA) is 90.6 Å². The van der Waals surface area contributed by atoms with Gasteiger partial charge in [-0.3, -0.25) is 4.79 Å². The van der Waals surface area contributed by atoms with E-state index in [0.717, 1.165) is 0 Å². The Balaban J connectivity index is 1.93. The number of carbonyl (C=O) groups excluding carboxylic acids is 2. The fraction of sp³-hybridized carbons (Fsp3) is 0.176. The molecule has 0 aliphatic rings. The molecule has 0 aliphatic carbocycles. The summed E-state index contributed by atoms with van der Waals surface area (Å²) in [7, 11) is 1.56. The molecule has 120 valence electrons. The predicted molar refractivity (Wildman–Crippen MR) is 87.4 cm³/mol. The lowest BCUT2D eigenvalue weighted by molar-refractivity contribution is -0.123. The van der Waals surface area contributed by atoms with Gasteiger partial charge in [0.2, 0.25) is 0 Å². The van der Waals surface area contributed by atoms with E-state index in [2.05, 4.69) is 5.32 Å². The van der Waals surface area contributed by atoms with E-state index in [4.69, 9.17) is 15.2 Å². The van der Waals surface area contributed by atoms with Crippen molar-refractivity contribution in [3.63, 3.8) is 0 Å². The van der Waals surface area contributed by atoms with Crippen molar-refractivity contribution in [1.29, 1.82) is 0 Å². The van der Waals surface area contributed by atoms with Crippen molar-refractivity contribution in [3.05, 3.63) is 54.1 Å². The van der Waals surface area contributed by atoms with Crippen LogP contribution in [0.1, 0.15) is 17.3 Å². The van der Waals surface area contributed by atoms with Crippen LogP contribution in [-0.2, 0) is 9.53 Å². The molecule has 0 radical (unpaired) electrons. The molecule has 0 aliphatic heterocycles. The summed E-state index contributed by atoms with van der Waals surface area (Å²) in [5, 5.41) is 2.67. The van der Waals surface area contributed by atoms with Crippen LogP contribution >= 0.6 is 0 Å². The SMILES string of the molecule is COc1ccc(NC(=O)C(C)OC(=O)c2ccc(N)cc2)cc1. The summed E-state index contributed by atoms with van der Waals surface area (Å²) in [5.74, 6) is -0.313. The molecular weight excluding hydrogens is 296 g/mol. The van der Waals surface area contributed by atoms with E-state index < -0.39 is 18.0 Å². The summed E-state index contributed by atoms with van der Waals surface area (Å²) in [4.78, 5) is 24.0. The number of carbonyl (C=O) groups is 2. The summed E-state index contributed by atoms with van der Waals surface area (Å²) >= 11 is 0. The van der Waals surface area contributed by atoms with Crippen molar-refractivity contribution >= 4 is 23.3 Å². The van der Waals surface area contributed by atoms with Crippen LogP contribution in [0.25, 0.3) is 0 Å². The lowest BCUT2D eigenvalue weighted by atomic mass is 10.2. The Labute approximate surface area is 134 Å². The first-order valence-electron chi connectivity index (χ1n) is 7.01. The average molecular weight is 314 g/mol. The zero-order valence-corrected chi connectivity index (χ0v) is 12.9. The number of ether oxygens (including phenoxy) is 2. The van der Waals surface area contributed by atoms with Gasteiger partial charge in [-0.25, -0.2) is 4.79 Å². The normalized spacial score (nSPS) is 11.4. The monoisotopic (exact) mass is 314 g/mol. The maximum absolute atomic E-state index is 12.0. The van der Waals surface area contributed by atoms with E-state index in [1.54, 1.807) is 55.6 Å². The number of rotatable bonds is 5. The van der Waals surface area contributed by atoms with Crippen LogP contribution in [0.3, 0.4) is 0 Å². The second-order valence-corrected chi connectivity index (χ2v) is 4.89. The number of methoxy groups -OCH3 is 1. The Morgan fingerprint density at radius 2 is 1.65 bits per heavy atom. The number of benzene rings is 2. The molecule has 0 aromatic heterocycles. The molecule has 1 amide bonds. The minimum Gasteiger partial charge on any atom is -0.497 e. The number of esters is 1. The van der Waals surface area contributed by atoms with Crippen LogP contribution in [0, 0.1) is 0 Å². The van der Waals surface area contributed by atoms with E-state index in [-0.39, 0.29) is 0 Å². The second-order valence-electron chi connectivity index (χ2n) is 4.89. The molecule has 3 N–H and O–H groups in total. The Kier molecular flexibility index (Phi) is 5.19. The van der Waals surface area contributed by atoms with E-state index in [0.29, 0.717) is 22.7 Å². The zero-order valence-electron chi connectivity index (χ0n) is 12.9. The molecule has 0 bridgehead atoms. The van der Waals surface area contributed by atoms with Crippen LogP contribution < -0.4 is 15.8 Å². The van der Waals surface area contributed by atoms with Crippen LogP contribution in [0.2, 0.25) is 0 Å². The second kappa shape index (κ2) is 7.31. The highest BCUT2D eigenvalue weighted by molar-refractivity contribution is 5.97. The van der Waals surface area contributed by atoms with Crippen molar-refractivity contribution in [2.24, 2.45) is 0 Å². The summed E-state index contributed by atoms with van der Waals surface area (Å²) < 4.78 is 10.2. The van der Waals surface area contributed by atoms with Gasteiger partial charge in [0, 0.05) is 11.4 Å². The first kappa shape index (κ1) is 16.4. The molecule has 6 heteroatoms. The number of amides is 1. The molecule has 1 unspecified atom stereocenters. The molecule has 6 nitrogen and oxygen atoms in total. The highest BCUT2D eigenvalue weighted by Crippen LogP contribution is 2.15. The van der Waals surface area contributed by atoms with Gasteiger partial charge in [0.05, 0.1) is 12.7 Å². The fourth-order valence-corrected chi connectivity index (χ4v) is 1.82. The molecule has 0 spiro atoms. The number of nitrogens with one attached hydrogen (secondary N) is 1. The first-order chi connectivity index (χ1) is 11.0. The van der Waals surface area contributed by atoms with E-state index in [1.165, 1.54) is 6.92 Å². The molecular formula is C17H18N2O4. The molecule has 1 atom stereocenters. The van der Waals surface area contributed by atoms with Crippen LogP contribution in [0.15, 0.2) is 48.5 Å². The quantitative estimate of drug-likeness (QED) is 0.653. The van der Waals surface area contributed by atoms with Crippen molar-refractivity contribution in [1.82, 2.24) is 0 Å². The van der Waals surface area contributed by atoms with Crippen molar-refractivity contribution in [2.75, 3.05) is 18.2 Å². The van der Waals surface area contributed by atoms with Gasteiger partial charge in [0.1, 0.15) is 5.75 Å². The molecule has 2 rings (SSSR count). The lowest BCUT2D eigenvalue weighted by Gasteiger charge is -2.14. The predicted octanol–water partition coefficient (Wildman–Crippen LogP) is 2.46. The van der Waals surface area contributed by atoms with Gasteiger partial charge < -0.3 is 20.5 Å². The molecule has 2 aromatic rings. The van der Waals surface area contributed by atoms with Gasteiger partial charge in [0.15, 0.2) is 6.10 Å². The highest BCUT2D eigenvalue weighted by atomic mass is 16.5. The molecule has 23 heavy (non-hydrogen) atoms. The number of nitrogen functional groups attached to an aromatic ring is 1. The minimum atomic E-state index is -0.929. The van der Waals surface area contributed by atoms with Gasteiger partial charge in [-0.05, 0) is 55.5 Å². The van der Waals surface area contributed by atoms with Crippen molar-refractivity contribution in [3.8, 4) is 5.75 Å². The van der Waals surface area contributed by atoms with Gasteiger partial charge in [0.25, 0.3) is 5.91 Å². The van der Waals surface area contributed by atoms with E-state index in [1.807, 2.05) is 0 Å². The fourth-order valence-electron chi connectivity index (χ4n) is 1.82. The summed E-state index contributed by atoms with van der Waals surface area (Å²) in [6, 6.07) is 13.1. The van der Waals surface area contributed by atoms with E-state index >= 15 is 0 Å². The summed E-state index contributed by atoms with van der Waals surface area (Å²) in [6.45, 7) is 1.51. The molecule has 2 aromatic carbocycles. The smallest absolute Gasteiger partial charge is 0.338 e. The lowest BCUT2D eigenvalue weighted by Crippen LogP contribution is -2.30. The summed E-state index contributed by atoms with van der Waals surface area (Å²) in [6.07, 6.45) is -0.929. The first-order valence-corrected chi connectivity index (χ1v) is 7.01. The van der Waals surface area contributed by atoms with Crippen LogP contribution in [-0.4, -0.2) is 25.1 Å². The minimum absolute atomic E-state index is 0.336. The van der Waals surface area contributed by atoms with E-state index in [9.17, 15) is 9.59 Å². The Hall–Kier alpha value is -3.02. The molecule has 0 heterocycles. The van der Waals surface area contributed by atoms with Crippen molar-refractivity contribution < 1.29 is 19.1 Å². The maximum Gasteiger partial charge on any atom is 0.338 e. The third-order valence-corrected chi connectivity index (χ3v) is 3.16. The van der Waals surface area contributed by atoms with Gasteiger partial charge in [-0.15, -0.1) is 0 Å². The molecule has 0 saturated heterocycles. The molecule has 0 saturated carbocycles. The number of anilines is 2.